The number of unbranched alkanes of at least 4 members (excludes halogenated alkanes) is 27. The average Bonchev–Trinajstić information content (AvgIpc) is 2.97. The van der Waals surface area contributed by atoms with E-state index in [1.54, 1.807) is 0 Å². The number of carbonyl (C=O) groups excluding carboxylic acids is 1. The number of carbonyl (C=O) groups is 1. The molecule has 3 N–H and O–H groups in total. The summed E-state index contributed by atoms with van der Waals surface area (Å²) in [6, 6.07) is -0.527. The molecule has 0 radical (unpaired) electrons. The number of nitrogens with one attached hydrogen (secondary N) is 1. The smallest absolute Gasteiger partial charge is 0.220 e. The normalized spacial score (nSPS) is 13.0. The van der Waals surface area contributed by atoms with Crippen molar-refractivity contribution in [3.8, 4) is 0 Å². The molecular weight excluding hydrogens is 506 g/mol. The highest BCUT2D eigenvalue weighted by Gasteiger charge is 2.19. The van der Waals surface area contributed by atoms with E-state index >= 15 is 0 Å². The summed E-state index contributed by atoms with van der Waals surface area (Å²) >= 11 is 0. The lowest BCUT2D eigenvalue weighted by Crippen LogP contribution is -2.45. The molecule has 0 heterocycles. The van der Waals surface area contributed by atoms with E-state index < -0.39 is 12.1 Å². The lowest BCUT2D eigenvalue weighted by Gasteiger charge is -2.22. The van der Waals surface area contributed by atoms with Crippen LogP contribution < -0.4 is 5.32 Å². The summed E-state index contributed by atoms with van der Waals surface area (Å²) in [5.41, 5.74) is 0. The standard InChI is InChI=1S/C37H75NO3/c1-3-5-7-9-11-13-15-17-19-21-23-25-27-29-31-33-37(41)38-35(34-39)36(40)32-30-28-26-24-22-20-18-16-14-12-10-8-6-4-2/h35-36,39-40H,3-34H2,1-2H3,(H,38,41)/t35-,36+/m0/s1. The van der Waals surface area contributed by atoms with Crippen LogP contribution in [0.3, 0.4) is 0 Å². The highest BCUT2D eigenvalue weighted by Crippen LogP contribution is 2.16. The number of aliphatic hydroxyl groups excluding tert-OH is 2. The van der Waals surface area contributed by atoms with Crippen LogP contribution in [-0.4, -0.2) is 34.9 Å². The fourth-order valence-corrected chi connectivity index (χ4v) is 5.95. The van der Waals surface area contributed by atoms with Gasteiger partial charge in [0.15, 0.2) is 0 Å². The third kappa shape index (κ3) is 30.6. The minimum absolute atomic E-state index is 0.0289. The van der Waals surface area contributed by atoms with E-state index in [2.05, 4.69) is 19.2 Å². The maximum atomic E-state index is 12.3. The summed E-state index contributed by atoms with van der Waals surface area (Å²) in [6.45, 7) is 4.36. The van der Waals surface area contributed by atoms with E-state index in [-0.39, 0.29) is 12.5 Å². The summed E-state index contributed by atoms with van der Waals surface area (Å²) < 4.78 is 0. The van der Waals surface area contributed by atoms with Crippen LogP contribution in [0.15, 0.2) is 0 Å². The molecule has 4 heteroatoms. The number of hydrogen-bond acceptors (Lipinski definition) is 3. The second-order valence-corrected chi connectivity index (χ2v) is 13.0. The molecule has 0 aliphatic carbocycles. The zero-order valence-electron chi connectivity index (χ0n) is 28.1. The lowest BCUT2D eigenvalue weighted by atomic mass is 10.0. The average molecular weight is 582 g/mol. The van der Waals surface area contributed by atoms with E-state index in [0.29, 0.717) is 12.8 Å². The SMILES string of the molecule is CCCCCCCCCCCCCCCCCC(=O)N[C@@H](CO)[C@H](O)CCCCCCCCCCCCCCCC. The Kier molecular flexibility index (Phi) is 33.4. The minimum Gasteiger partial charge on any atom is -0.394 e. The van der Waals surface area contributed by atoms with Gasteiger partial charge in [0.25, 0.3) is 0 Å². The van der Waals surface area contributed by atoms with Gasteiger partial charge in [-0.3, -0.25) is 4.79 Å². The Morgan fingerprint density at radius 3 is 1.10 bits per heavy atom. The van der Waals surface area contributed by atoms with Gasteiger partial charge in [-0.2, -0.15) is 0 Å². The fourth-order valence-electron chi connectivity index (χ4n) is 5.95. The maximum absolute atomic E-state index is 12.3. The van der Waals surface area contributed by atoms with Crippen molar-refractivity contribution < 1.29 is 15.0 Å². The molecule has 41 heavy (non-hydrogen) atoms. The monoisotopic (exact) mass is 582 g/mol. The second kappa shape index (κ2) is 33.9. The van der Waals surface area contributed by atoms with Gasteiger partial charge < -0.3 is 15.5 Å². The summed E-state index contributed by atoms with van der Waals surface area (Å²) in [4.78, 5) is 12.3. The van der Waals surface area contributed by atoms with Gasteiger partial charge in [0.2, 0.25) is 5.91 Å². The van der Waals surface area contributed by atoms with Gasteiger partial charge in [-0.15, -0.1) is 0 Å². The van der Waals surface area contributed by atoms with Crippen molar-refractivity contribution in [1.29, 1.82) is 0 Å². The van der Waals surface area contributed by atoms with Crippen LogP contribution in [0, 0.1) is 0 Å². The Bertz CT molecular complexity index is 512. The molecule has 0 unspecified atom stereocenters. The molecule has 0 aromatic rings. The van der Waals surface area contributed by atoms with Gasteiger partial charge >= 0.3 is 0 Å². The van der Waals surface area contributed by atoms with E-state index in [1.807, 2.05) is 0 Å². The molecule has 0 aromatic carbocycles. The lowest BCUT2D eigenvalue weighted by molar-refractivity contribution is -0.123. The molecule has 0 saturated carbocycles. The molecule has 1 amide bonds. The molecule has 246 valence electrons. The van der Waals surface area contributed by atoms with Crippen LogP contribution in [0.2, 0.25) is 0 Å². The van der Waals surface area contributed by atoms with Crippen LogP contribution in [-0.2, 0) is 4.79 Å². The highest BCUT2D eigenvalue weighted by atomic mass is 16.3. The Labute approximate surface area is 257 Å². The summed E-state index contributed by atoms with van der Waals surface area (Å²) in [5.74, 6) is -0.0289. The highest BCUT2D eigenvalue weighted by molar-refractivity contribution is 5.76. The third-order valence-corrected chi connectivity index (χ3v) is 8.87. The molecule has 0 saturated heterocycles. The zero-order valence-corrected chi connectivity index (χ0v) is 28.1. The predicted octanol–water partition coefficient (Wildman–Crippen LogP) is 11.0. The Morgan fingerprint density at radius 1 is 0.488 bits per heavy atom. The summed E-state index contributed by atoms with van der Waals surface area (Å²) in [7, 11) is 0. The van der Waals surface area contributed by atoms with Crippen LogP contribution in [0.4, 0.5) is 0 Å². The van der Waals surface area contributed by atoms with Crippen molar-refractivity contribution in [2.45, 2.75) is 225 Å². The molecule has 0 bridgehead atoms. The summed E-state index contributed by atoms with van der Waals surface area (Å²) in [6.07, 6.45) is 38.7. The van der Waals surface area contributed by atoms with Crippen molar-refractivity contribution in [3.63, 3.8) is 0 Å². The topological polar surface area (TPSA) is 69.6 Å². The van der Waals surface area contributed by atoms with E-state index in [1.165, 1.54) is 161 Å². The third-order valence-electron chi connectivity index (χ3n) is 8.87. The first-order valence-corrected chi connectivity index (χ1v) is 18.7. The number of hydrogen-bond donors (Lipinski definition) is 3. The quantitative estimate of drug-likeness (QED) is 0.0662. The van der Waals surface area contributed by atoms with E-state index in [4.69, 9.17) is 0 Å². The molecule has 0 aliphatic rings. The Balaban J connectivity index is 3.52. The molecule has 0 aromatic heterocycles. The van der Waals surface area contributed by atoms with Crippen LogP contribution in [0.25, 0.3) is 0 Å². The minimum atomic E-state index is -0.651. The maximum Gasteiger partial charge on any atom is 0.220 e. The summed E-state index contributed by atoms with van der Waals surface area (Å²) in [5, 5.41) is 23.0. The van der Waals surface area contributed by atoms with E-state index in [9.17, 15) is 15.0 Å². The van der Waals surface area contributed by atoms with Gasteiger partial charge in [0, 0.05) is 6.42 Å². The predicted molar refractivity (Wildman–Crippen MR) is 179 cm³/mol. The van der Waals surface area contributed by atoms with Crippen molar-refractivity contribution in [2.24, 2.45) is 0 Å². The first-order chi connectivity index (χ1) is 20.2. The molecular formula is C37H75NO3. The van der Waals surface area contributed by atoms with Crippen molar-refractivity contribution in [2.75, 3.05) is 6.61 Å². The Hall–Kier alpha value is -0.610. The molecule has 4 nitrogen and oxygen atoms in total. The van der Waals surface area contributed by atoms with Gasteiger partial charge in [0.1, 0.15) is 0 Å². The number of amides is 1. The molecule has 0 aliphatic heterocycles. The largest absolute Gasteiger partial charge is 0.394 e. The van der Waals surface area contributed by atoms with Crippen molar-refractivity contribution in [3.05, 3.63) is 0 Å². The van der Waals surface area contributed by atoms with E-state index in [0.717, 1.165) is 25.7 Å². The van der Waals surface area contributed by atoms with Crippen molar-refractivity contribution in [1.82, 2.24) is 5.32 Å². The molecule has 0 fully saturated rings. The molecule has 2 atom stereocenters. The molecule has 0 rings (SSSR count). The van der Waals surface area contributed by atoms with Crippen molar-refractivity contribution >= 4 is 5.91 Å². The second-order valence-electron chi connectivity index (χ2n) is 13.0. The number of rotatable bonds is 34. The first-order valence-electron chi connectivity index (χ1n) is 18.7. The van der Waals surface area contributed by atoms with Gasteiger partial charge in [0.05, 0.1) is 18.8 Å². The van der Waals surface area contributed by atoms with Crippen LogP contribution in [0.1, 0.15) is 213 Å². The van der Waals surface area contributed by atoms with Gasteiger partial charge in [-0.05, 0) is 12.8 Å². The first kappa shape index (κ1) is 40.4. The van der Waals surface area contributed by atoms with Gasteiger partial charge in [-0.1, -0.05) is 194 Å². The fraction of sp³-hybridized carbons (Fsp3) is 0.973. The molecule has 0 spiro atoms. The zero-order chi connectivity index (χ0) is 30.1. The van der Waals surface area contributed by atoms with Crippen LogP contribution >= 0.6 is 0 Å². The Morgan fingerprint density at radius 2 is 0.780 bits per heavy atom. The van der Waals surface area contributed by atoms with Gasteiger partial charge in [-0.25, -0.2) is 0 Å². The number of aliphatic hydroxyl groups is 2. The van der Waals surface area contributed by atoms with Crippen LogP contribution in [0.5, 0.6) is 0 Å².